The molecule has 1 unspecified atom stereocenters. The molecule has 4 nitrogen and oxygen atoms in total. The smallest absolute Gasteiger partial charge is 0.376 e. The van der Waals surface area contributed by atoms with Crippen LogP contribution in [0.5, 0.6) is 0 Å². The molecule has 0 amide bonds. The monoisotopic (exact) mass is 297 g/mol. The average Bonchev–Trinajstić information content (AvgIpc) is 2.76. The maximum atomic E-state index is 11.8. The zero-order chi connectivity index (χ0) is 14.5. The maximum Gasteiger partial charge on any atom is 0.411 e. The van der Waals surface area contributed by atoms with Gasteiger partial charge in [-0.3, -0.25) is 0 Å². The molecule has 2 fully saturated rings. The second-order valence-electron chi connectivity index (χ2n) is 5.46. The topological polar surface area (TPSA) is 39.7 Å². The van der Waals surface area contributed by atoms with E-state index in [2.05, 4.69) is 10.1 Å². The zero-order valence-corrected chi connectivity index (χ0v) is 11.5. The Hall–Kier alpha value is -0.370. The van der Waals surface area contributed by atoms with Gasteiger partial charge in [-0.1, -0.05) is 0 Å². The van der Waals surface area contributed by atoms with Crippen molar-refractivity contribution in [1.82, 2.24) is 5.32 Å². The van der Waals surface area contributed by atoms with Crippen molar-refractivity contribution in [3.05, 3.63) is 0 Å². The van der Waals surface area contributed by atoms with Gasteiger partial charge in [-0.15, -0.1) is 0 Å². The molecule has 2 aliphatic rings. The van der Waals surface area contributed by atoms with Gasteiger partial charge in [-0.25, -0.2) is 0 Å². The molecule has 0 saturated carbocycles. The average molecular weight is 297 g/mol. The summed E-state index contributed by atoms with van der Waals surface area (Å²) in [5.74, 6) is 0. The van der Waals surface area contributed by atoms with Crippen molar-refractivity contribution in [2.24, 2.45) is 0 Å². The molecule has 0 radical (unpaired) electrons. The van der Waals surface area contributed by atoms with Crippen molar-refractivity contribution in [1.29, 1.82) is 0 Å². The van der Waals surface area contributed by atoms with E-state index in [1.807, 2.05) is 0 Å². The molecule has 0 bridgehead atoms. The van der Waals surface area contributed by atoms with Crippen molar-refractivity contribution >= 4 is 0 Å². The standard InChI is InChI=1S/C13H22F3NO3/c14-13(15,16)10-18-6-1-7-19-11-8-12(20-9-11)2-4-17-5-3-12/h11,17H,1-10H2. The molecule has 2 aliphatic heterocycles. The van der Waals surface area contributed by atoms with E-state index >= 15 is 0 Å². The number of piperidine rings is 1. The molecular weight excluding hydrogens is 275 g/mol. The maximum absolute atomic E-state index is 11.8. The molecule has 0 aromatic carbocycles. The van der Waals surface area contributed by atoms with Gasteiger partial charge in [-0.2, -0.15) is 13.2 Å². The van der Waals surface area contributed by atoms with E-state index in [0.29, 0.717) is 19.6 Å². The van der Waals surface area contributed by atoms with Crippen LogP contribution in [0.2, 0.25) is 0 Å². The number of nitrogens with one attached hydrogen (secondary N) is 1. The van der Waals surface area contributed by atoms with Crippen LogP contribution in [-0.2, 0) is 14.2 Å². The predicted octanol–water partition coefficient (Wildman–Crippen LogP) is 1.88. The van der Waals surface area contributed by atoms with Gasteiger partial charge in [0, 0.05) is 19.6 Å². The Bertz CT molecular complexity index is 293. The van der Waals surface area contributed by atoms with E-state index in [0.717, 1.165) is 32.4 Å². The quantitative estimate of drug-likeness (QED) is 0.760. The first-order valence-corrected chi connectivity index (χ1v) is 7.10. The molecule has 1 N–H and O–H groups in total. The summed E-state index contributed by atoms with van der Waals surface area (Å²) in [5, 5.41) is 3.30. The molecule has 2 saturated heterocycles. The van der Waals surface area contributed by atoms with Crippen molar-refractivity contribution < 1.29 is 27.4 Å². The van der Waals surface area contributed by atoms with Gasteiger partial charge in [-0.05, 0) is 32.4 Å². The first kappa shape index (κ1) is 16.0. The zero-order valence-electron chi connectivity index (χ0n) is 11.5. The second-order valence-corrected chi connectivity index (χ2v) is 5.46. The lowest BCUT2D eigenvalue weighted by molar-refractivity contribution is -0.174. The van der Waals surface area contributed by atoms with Crippen LogP contribution in [0.15, 0.2) is 0 Å². The predicted molar refractivity (Wildman–Crippen MR) is 66.6 cm³/mol. The Morgan fingerprint density at radius 3 is 2.65 bits per heavy atom. The third-order valence-corrected chi connectivity index (χ3v) is 3.74. The number of alkyl halides is 3. The van der Waals surface area contributed by atoms with Crippen LogP contribution in [0.1, 0.15) is 25.7 Å². The molecule has 2 heterocycles. The van der Waals surface area contributed by atoms with Gasteiger partial charge in [0.2, 0.25) is 0 Å². The van der Waals surface area contributed by atoms with E-state index in [1.165, 1.54) is 0 Å². The van der Waals surface area contributed by atoms with Gasteiger partial charge in [0.1, 0.15) is 6.61 Å². The van der Waals surface area contributed by atoms with Crippen LogP contribution in [0, 0.1) is 0 Å². The van der Waals surface area contributed by atoms with Gasteiger partial charge in [0.15, 0.2) is 0 Å². The summed E-state index contributed by atoms with van der Waals surface area (Å²) in [6.07, 6.45) is -0.820. The lowest BCUT2D eigenvalue weighted by atomic mass is 9.89. The van der Waals surface area contributed by atoms with Crippen LogP contribution in [0.4, 0.5) is 13.2 Å². The van der Waals surface area contributed by atoms with E-state index < -0.39 is 12.8 Å². The fourth-order valence-corrected chi connectivity index (χ4v) is 2.74. The summed E-state index contributed by atoms with van der Waals surface area (Å²) in [6, 6.07) is 0. The van der Waals surface area contributed by atoms with Gasteiger partial charge >= 0.3 is 6.18 Å². The first-order valence-electron chi connectivity index (χ1n) is 7.10. The Morgan fingerprint density at radius 1 is 1.20 bits per heavy atom. The lowest BCUT2D eigenvalue weighted by Crippen LogP contribution is -2.41. The summed E-state index contributed by atoms with van der Waals surface area (Å²) in [7, 11) is 0. The van der Waals surface area contributed by atoms with E-state index in [9.17, 15) is 13.2 Å². The Balaban J connectivity index is 1.53. The van der Waals surface area contributed by atoms with Crippen LogP contribution >= 0.6 is 0 Å². The normalized spacial score (nSPS) is 26.2. The van der Waals surface area contributed by atoms with Crippen LogP contribution in [-0.4, -0.2) is 57.4 Å². The van der Waals surface area contributed by atoms with Crippen LogP contribution in [0.25, 0.3) is 0 Å². The molecule has 1 atom stereocenters. The van der Waals surface area contributed by atoms with Gasteiger partial charge < -0.3 is 19.5 Å². The van der Waals surface area contributed by atoms with Crippen molar-refractivity contribution in [2.75, 3.05) is 39.5 Å². The Morgan fingerprint density at radius 2 is 1.95 bits per heavy atom. The fraction of sp³-hybridized carbons (Fsp3) is 1.00. The largest absolute Gasteiger partial charge is 0.411 e. The lowest BCUT2D eigenvalue weighted by Gasteiger charge is -2.32. The molecule has 0 aliphatic carbocycles. The molecular formula is C13H22F3NO3. The number of rotatable bonds is 6. The fourth-order valence-electron chi connectivity index (χ4n) is 2.74. The Labute approximate surface area is 116 Å². The molecule has 0 aromatic heterocycles. The second kappa shape index (κ2) is 7.06. The van der Waals surface area contributed by atoms with Gasteiger partial charge in [0.25, 0.3) is 0 Å². The highest BCUT2D eigenvalue weighted by Gasteiger charge is 2.41. The van der Waals surface area contributed by atoms with E-state index in [4.69, 9.17) is 9.47 Å². The van der Waals surface area contributed by atoms with Gasteiger partial charge in [0.05, 0.1) is 18.3 Å². The molecule has 118 valence electrons. The van der Waals surface area contributed by atoms with Crippen LogP contribution in [0.3, 0.4) is 0 Å². The number of hydrogen-bond donors (Lipinski definition) is 1. The number of hydrogen-bond acceptors (Lipinski definition) is 4. The third-order valence-electron chi connectivity index (χ3n) is 3.74. The SMILES string of the molecule is FC(F)(F)COCCCOC1COC2(CCNCC2)C1. The first-order chi connectivity index (χ1) is 9.49. The minimum Gasteiger partial charge on any atom is -0.376 e. The molecule has 20 heavy (non-hydrogen) atoms. The van der Waals surface area contributed by atoms with Crippen molar-refractivity contribution in [2.45, 2.75) is 43.6 Å². The summed E-state index contributed by atoms with van der Waals surface area (Å²) in [6.45, 7) is 1.83. The van der Waals surface area contributed by atoms with E-state index in [-0.39, 0.29) is 18.3 Å². The summed E-state index contributed by atoms with van der Waals surface area (Å²) in [4.78, 5) is 0. The minimum atomic E-state index is -4.25. The van der Waals surface area contributed by atoms with E-state index in [1.54, 1.807) is 0 Å². The minimum absolute atomic E-state index is 0.0390. The van der Waals surface area contributed by atoms with Crippen LogP contribution < -0.4 is 5.32 Å². The number of halogens is 3. The highest BCUT2D eigenvalue weighted by atomic mass is 19.4. The van der Waals surface area contributed by atoms with Crippen molar-refractivity contribution in [3.8, 4) is 0 Å². The summed E-state index contributed by atoms with van der Waals surface area (Å²) >= 11 is 0. The molecule has 1 spiro atoms. The number of ether oxygens (including phenoxy) is 3. The molecule has 0 aromatic rings. The molecule has 2 rings (SSSR count). The summed E-state index contributed by atoms with van der Waals surface area (Å²) in [5.41, 5.74) is -0.0390. The summed E-state index contributed by atoms with van der Waals surface area (Å²) < 4.78 is 51.6. The highest BCUT2D eigenvalue weighted by molar-refractivity contribution is 4.93. The highest BCUT2D eigenvalue weighted by Crippen LogP contribution is 2.35. The van der Waals surface area contributed by atoms with Crippen molar-refractivity contribution in [3.63, 3.8) is 0 Å². The third kappa shape index (κ3) is 5.20. The Kier molecular flexibility index (Phi) is 5.65. The molecule has 7 heteroatoms.